The van der Waals surface area contributed by atoms with Crippen LogP contribution in [0.4, 0.5) is 6.01 Å². The number of nitrogens with one attached hydrogen (secondary N) is 1. The van der Waals surface area contributed by atoms with Crippen LogP contribution in [0.3, 0.4) is 0 Å². The summed E-state index contributed by atoms with van der Waals surface area (Å²) in [7, 11) is -5.55. The number of rotatable bonds is 8. The monoisotopic (exact) mass is 534 g/mol. The zero-order valence-corrected chi connectivity index (χ0v) is 21.4. The molecule has 1 aliphatic rings. The average molecular weight is 535 g/mol. The van der Waals surface area contributed by atoms with Gasteiger partial charge in [0.05, 0.1) is 29.2 Å². The summed E-state index contributed by atoms with van der Waals surface area (Å²) in [6, 6.07) is 12.3. The lowest BCUT2D eigenvalue weighted by atomic mass is 9.99. The maximum Gasteiger partial charge on any atom is 0.322 e. The Morgan fingerprint density at radius 3 is 2.36 bits per heavy atom. The molecular weight excluding hydrogens is 508 g/mol. The summed E-state index contributed by atoms with van der Waals surface area (Å²) in [6.45, 7) is 0.356. The molecule has 3 aromatic rings. The first-order chi connectivity index (χ1) is 17.1. The fourth-order valence-corrected chi connectivity index (χ4v) is 6.04. The highest BCUT2D eigenvalue weighted by atomic mass is 32.2. The highest BCUT2D eigenvalue weighted by molar-refractivity contribution is 7.90. The van der Waals surface area contributed by atoms with Crippen molar-refractivity contribution in [2.75, 3.05) is 31.8 Å². The van der Waals surface area contributed by atoms with E-state index in [9.17, 15) is 21.6 Å². The molecule has 11 nitrogen and oxygen atoms in total. The van der Waals surface area contributed by atoms with E-state index in [1.54, 1.807) is 24.3 Å². The number of carbonyl (C=O) groups is 1. The number of nitrogens with zero attached hydrogens (tertiary/aromatic N) is 3. The Morgan fingerprint density at radius 2 is 1.72 bits per heavy atom. The second kappa shape index (κ2) is 10.4. The van der Waals surface area contributed by atoms with E-state index in [0.717, 1.165) is 11.8 Å². The predicted octanol–water partition coefficient (Wildman–Crippen LogP) is 2.11. The molecule has 0 bridgehead atoms. The lowest BCUT2D eigenvalue weighted by molar-refractivity contribution is -0.121. The van der Waals surface area contributed by atoms with E-state index in [1.807, 2.05) is 0 Å². The summed E-state index contributed by atoms with van der Waals surface area (Å²) in [5.41, 5.74) is 0.760. The van der Waals surface area contributed by atoms with Crippen molar-refractivity contribution in [1.82, 2.24) is 14.5 Å². The highest BCUT2D eigenvalue weighted by Crippen LogP contribution is 2.26. The zero-order valence-electron chi connectivity index (χ0n) is 19.7. The summed E-state index contributed by atoms with van der Waals surface area (Å²) in [5, 5.41) is 10.3. The van der Waals surface area contributed by atoms with Gasteiger partial charge in [-0.1, -0.05) is 17.2 Å². The van der Waals surface area contributed by atoms with Crippen molar-refractivity contribution in [2.24, 2.45) is 5.92 Å². The van der Waals surface area contributed by atoms with E-state index < -0.39 is 31.7 Å². The second-order valence-electron chi connectivity index (χ2n) is 8.46. The standard InChI is InChI=1S/C23H26N4O7S2/c1-33-18-7-11-20(12-8-18)36(31,32)27-13-3-4-17(15-27)22(28)24-23-26-25-21(34-23)14-16-5-9-19(10-6-16)35(2,29)30/h5-12,17H,3-4,13-15H2,1-2H3,(H,24,26,28). The van der Waals surface area contributed by atoms with Gasteiger partial charge in [0.15, 0.2) is 9.84 Å². The number of ether oxygens (including phenoxy) is 1. The highest BCUT2D eigenvalue weighted by Gasteiger charge is 2.34. The normalized spacial score (nSPS) is 17.0. The van der Waals surface area contributed by atoms with Gasteiger partial charge in [0.2, 0.25) is 21.8 Å². The Bertz CT molecular complexity index is 1430. The number of hydrogen-bond acceptors (Lipinski definition) is 9. The predicted molar refractivity (Wildman–Crippen MR) is 130 cm³/mol. The first-order valence-electron chi connectivity index (χ1n) is 11.1. The number of sulfone groups is 1. The van der Waals surface area contributed by atoms with Gasteiger partial charge in [-0.2, -0.15) is 4.31 Å². The van der Waals surface area contributed by atoms with Gasteiger partial charge < -0.3 is 9.15 Å². The van der Waals surface area contributed by atoms with Crippen LogP contribution in [0.1, 0.15) is 24.3 Å². The molecular formula is C23H26N4O7S2. The van der Waals surface area contributed by atoms with E-state index in [1.165, 1.54) is 35.7 Å². The van der Waals surface area contributed by atoms with Crippen molar-refractivity contribution >= 4 is 31.8 Å². The Labute approximate surface area is 209 Å². The van der Waals surface area contributed by atoms with Crippen LogP contribution in [0.25, 0.3) is 0 Å². The van der Waals surface area contributed by atoms with E-state index in [4.69, 9.17) is 9.15 Å². The molecule has 0 radical (unpaired) electrons. The molecule has 1 saturated heterocycles. The van der Waals surface area contributed by atoms with Crippen molar-refractivity contribution < 1.29 is 30.8 Å². The fraction of sp³-hybridized carbons (Fsp3) is 0.348. The van der Waals surface area contributed by atoms with E-state index >= 15 is 0 Å². The van der Waals surface area contributed by atoms with Crippen molar-refractivity contribution in [2.45, 2.75) is 29.1 Å². The average Bonchev–Trinajstić information content (AvgIpc) is 3.30. The molecule has 1 aliphatic heterocycles. The lowest BCUT2D eigenvalue weighted by Gasteiger charge is -2.30. The summed E-state index contributed by atoms with van der Waals surface area (Å²) in [4.78, 5) is 13.2. The summed E-state index contributed by atoms with van der Waals surface area (Å²) >= 11 is 0. The van der Waals surface area contributed by atoms with Crippen LogP contribution >= 0.6 is 0 Å². The number of benzene rings is 2. The number of sulfonamides is 1. The number of piperidine rings is 1. The summed E-state index contributed by atoms with van der Waals surface area (Å²) < 4.78 is 61.2. The Balaban J connectivity index is 1.37. The van der Waals surface area contributed by atoms with Crippen molar-refractivity contribution in [1.29, 1.82) is 0 Å². The second-order valence-corrected chi connectivity index (χ2v) is 12.4. The number of aromatic nitrogens is 2. The minimum atomic E-state index is -3.76. The number of carbonyl (C=O) groups excluding carboxylic acids is 1. The Hall–Kier alpha value is -3.29. The number of methoxy groups -OCH3 is 1. The van der Waals surface area contributed by atoms with Gasteiger partial charge in [-0.25, -0.2) is 16.8 Å². The van der Waals surface area contributed by atoms with Crippen LogP contribution in [0.5, 0.6) is 5.75 Å². The molecule has 1 fully saturated rings. The SMILES string of the molecule is COc1ccc(S(=O)(=O)N2CCCC(C(=O)Nc3nnc(Cc4ccc(S(C)(=O)=O)cc4)o3)C2)cc1. The molecule has 1 amide bonds. The molecule has 1 unspecified atom stereocenters. The van der Waals surface area contributed by atoms with E-state index in [0.29, 0.717) is 25.1 Å². The first kappa shape index (κ1) is 25.8. The molecule has 0 spiro atoms. The quantitative estimate of drug-likeness (QED) is 0.458. The first-order valence-corrected chi connectivity index (χ1v) is 14.5. The van der Waals surface area contributed by atoms with Gasteiger partial charge in [0.1, 0.15) is 5.75 Å². The molecule has 2 aromatic carbocycles. The Kier molecular flexibility index (Phi) is 7.43. The maximum absolute atomic E-state index is 13.0. The third-order valence-electron chi connectivity index (χ3n) is 5.86. The zero-order chi connectivity index (χ0) is 25.9. The third-order valence-corrected chi connectivity index (χ3v) is 8.86. The lowest BCUT2D eigenvalue weighted by Crippen LogP contribution is -2.43. The topological polar surface area (TPSA) is 149 Å². The third kappa shape index (κ3) is 5.91. The molecule has 36 heavy (non-hydrogen) atoms. The summed E-state index contributed by atoms with van der Waals surface area (Å²) in [5.74, 6) is -0.192. The van der Waals surface area contributed by atoms with Crippen LogP contribution in [0.15, 0.2) is 62.7 Å². The van der Waals surface area contributed by atoms with Crippen LogP contribution in [-0.2, 0) is 31.1 Å². The van der Waals surface area contributed by atoms with Crippen LogP contribution in [-0.4, -0.2) is 63.7 Å². The Morgan fingerprint density at radius 1 is 1.06 bits per heavy atom. The molecule has 1 atom stereocenters. The van der Waals surface area contributed by atoms with Gasteiger partial charge in [0, 0.05) is 19.3 Å². The maximum atomic E-state index is 13.0. The fourth-order valence-electron chi connectivity index (χ4n) is 3.88. The van der Waals surface area contributed by atoms with Crippen molar-refractivity contribution in [3.05, 3.63) is 60.0 Å². The molecule has 1 N–H and O–H groups in total. The molecule has 4 rings (SSSR count). The number of hydrogen-bond donors (Lipinski definition) is 1. The number of amides is 1. The smallest absolute Gasteiger partial charge is 0.322 e. The molecule has 0 saturated carbocycles. The largest absolute Gasteiger partial charge is 0.497 e. The van der Waals surface area contributed by atoms with Crippen molar-refractivity contribution in [3.8, 4) is 5.75 Å². The van der Waals surface area contributed by atoms with Gasteiger partial charge in [0.25, 0.3) is 0 Å². The number of anilines is 1. The van der Waals surface area contributed by atoms with Gasteiger partial charge in [-0.15, -0.1) is 5.10 Å². The molecule has 13 heteroatoms. The molecule has 2 heterocycles. The van der Waals surface area contributed by atoms with Crippen LogP contribution in [0.2, 0.25) is 0 Å². The van der Waals surface area contributed by atoms with Crippen LogP contribution in [0, 0.1) is 5.92 Å². The molecule has 0 aliphatic carbocycles. The van der Waals surface area contributed by atoms with E-state index in [-0.39, 0.29) is 34.7 Å². The minimum absolute atomic E-state index is 0.0356. The van der Waals surface area contributed by atoms with E-state index in [2.05, 4.69) is 15.5 Å². The van der Waals surface area contributed by atoms with Gasteiger partial charge in [-0.05, 0) is 54.8 Å². The molecule has 192 valence electrons. The minimum Gasteiger partial charge on any atom is -0.497 e. The van der Waals surface area contributed by atoms with Gasteiger partial charge >= 0.3 is 6.01 Å². The molecule has 1 aromatic heterocycles. The van der Waals surface area contributed by atoms with Crippen LogP contribution < -0.4 is 10.1 Å². The van der Waals surface area contributed by atoms with Crippen molar-refractivity contribution in [3.63, 3.8) is 0 Å². The summed E-state index contributed by atoms with van der Waals surface area (Å²) in [6.07, 6.45) is 2.44. The van der Waals surface area contributed by atoms with Gasteiger partial charge in [-0.3, -0.25) is 10.1 Å².